The Bertz CT molecular complexity index is 983. The van der Waals surface area contributed by atoms with Crippen LogP contribution in [0.15, 0.2) is 48.7 Å². The van der Waals surface area contributed by atoms with Gasteiger partial charge in [0.1, 0.15) is 0 Å². The predicted molar refractivity (Wildman–Crippen MR) is 103 cm³/mol. The fourth-order valence-electron chi connectivity index (χ4n) is 4.23. The van der Waals surface area contributed by atoms with Crippen molar-refractivity contribution in [3.63, 3.8) is 0 Å². The van der Waals surface area contributed by atoms with E-state index in [1.54, 1.807) is 0 Å². The zero-order chi connectivity index (χ0) is 18.2. The van der Waals surface area contributed by atoms with Gasteiger partial charge in [0.05, 0.1) is 12.6 Å². The molecule has 1 atom stereocenters. The highest BCUT2D eigenvalue weighted by atomic mass is 16.2. The number of urea groups is 1. The van der Waals surface area contributed by atoms with Gasteiger partial charge in [-0.3, -0.25) is 4.40 Å². The van der Waals surface area contributed by atoms with Crippen LogP contribution in [0.25, 0.3) is 5.65 Å². The van der Waals surface area contributed by atoms with Gasteiger partial charge in [-0.05, 0) is 36.6 Å². The summed E-state index contributed by atoms with van der Waals surface area (Å²) in [5, 5.41) is 11.3. The molecular formula is C20H22N6O. The summed E-state index contributed by atoms with van der Waals surface area (Å²) in [6, 6.07) is 14.7. The molecule has 0 aliphatic carbocycles. The standard InChI is InChI=1S/C20H22N6O/c27-20(21-13-19-23-22-18-8-3-4-10-26(18)19)24-9-5-11-25-16(14-24)12-15-6-1-2-7-17(15)25/h1-4,6-8,10,16H,5,9,11-14H2,(H,21,27). The lowest BCUT2D eigenvalue weighted by Gasteiger charge is -2.27. The number of nitrogens with one attached hydrogen (secondary N) is 1. The van der Waals surface area contributed by atoms with Crippen molar-refractivity contribution in [1.82, 2.24) is 24.8 Å². The fraction of sp³-hybridized carbons (Fsp3) is 0.350. The first kappa shape index (κ1) is 16.1. The first-order valence-corrected chi connectivity index (χ1v) is 9.45. The first-order chi connectivity index (χ1) is 13.3. The molecule has 0 radical (unpaired) electrons. The van der Waals surface area contributed by atoms with Crippen LogP contribution in [0, 0.1) is 0 Å². The minimum Gasteiger partial charge on any atom is -0.366 e. The summed E-state index contributed by atoms with van der Waals surface area (Å²) in [7, 11) is 0. The third-order valence-electron chi connectivity index (χ3n) is 5.52. The number of nitrogens with zero attached hydrogens (tertiary/aromatic N) is 5. The number of carbonyl (C=O) groups is 1. The Morgan fingerprint density at radius 2 is 2.00 bits per heavy atom. The summed E-state index contributed by atoms with van der Waals surface area (Å²) in [5.41, 5.74) is 3.51. The van der Waals surface area contributed by atoms with Gasteiger partial charge < -0.3 is 15.1 Å². The van der Waals surface area contributed by atoms with Crippen LogP contribution in [0.1, 0.15) is 17.8 Å². The van der Waals surface area contributed by atoms with Crippen LogP contribution >= 0.6 is 0 Å². The Labute approximate surface area is 157 Å². The summed E-state index contributed by atoms with van der Waals surface area (Å²) < 4.78 is 1.90. The lowest BCUT2D eigenvalue weighted by molar-refractivity contribution is 0.197. The average Bonchev–Trinajstić information content (AvgIpc) is 3.20. The van der Waals surface area contributed by atoms with Crippen LogP contribution in [0.5, 0.6) is 0 Å². The zero-order valence-corrected chi connectivity index (χ0v) is 15.1. The van der Waals surface area contributed by atoms with E-state index in [-0.39, 0.29) is 6.03 Å². The van der Waals surface area contributed by atoms with Crippen molar-refractivity contribution in [2.24, 2.45) is 0 Å². The summed E-state index contributed by atoms with van der Waals surface area (Å²) in [4.78, 5) is 17.2. The quantitative estimate of drug-likeness (QED) is 0.758. The Hall–Kier alpha value is -3.09. The highest BCUT2D eigenvalue weighted by Crippen LogP contribution is 2.33. The minimum atomic E-state index is -0.0273. The molecule has 1 aromatic carbocycles. The van der Waals surface area contributed by atoms with E-state index in [9.17, 15) is 4.79 Å². The SMILES string of the molecule is O=C(NCc1nnc2ccccn12)N1CCCN2c3ccccc3CC2C1. The number of rotatable bonds is 2. The number of pyridine rings is 1. The second-order valence-corrected chi connectivity index (χ2v) is 7.18. The Kier molecular flexibility index (Phi) is 3.92. The number of aromatic nitrogens is 3. The molecule has 2 aliphatic rings. The fourth-order valence-corrected chi connectivity index (χ4v) is 4.23. The summed E-state index contributed by atoms with van der Waals surface area (Å²) in [6.45, 7) is 2.90. The molecule has 3 aromatic rings. The van der Waals surface area contributed by atoms with Crippen LogP contribution in [0.4, 0.5) is 10.5 Å². The monoisotopic (exact) mass is 362 g/mol. The van der Waals surface area contributed by atoms with Gasteiger partial charge in [0.15, 0.2) is 11.5 Å². The van der Waals surface area contributed by atoms with Crippen molar-refractivity contribution in [1.29, 1.82) is 0 Å². The third-order valence-corrected chi connectivity index (χ3v) is 5.52. The van der Waals surface area contributed by atoms with E-state index < -0.39 is 0 Å². The van der Waals surface area contributed by atoms with Crippen LogP contribution in [-0.2, 0) is 13.0 Å². The number of fused-ring (bicyclic) bond motifs is 4. The summed E-state index contributed by atoms with van der Waals surface area (Å²) in [6.07, 6.45) is 3.90. The zero-order valence-electron chi connectivity index (χ0n) is 15.1. The van der Waals surface area contributed by atoms with Gasteiger partial charge in [0.2, 0.25) is 0 Å². The van der Waals surface area contributed by atoms with E-state index in [1.807, 2.05) is 33.7 Å². The molecule has 0 bridgehead atoms. The maximum absolute atomic E-state index is 12.8. The molecule has 138 valence electrons. The highest BCUT2D eigenvalue weighted by molar-refractivity contribution is 5.74. The van der Waals surface area contributed by atoms with Gasteiger partial charge in [-0.15, -0.1) is 10.2 Å². The number of hydrogen-bond donors (Lipinski definition) is 1. The topological polar surface area (TPSA) is 65.8 Å². The molecular weight excluding hydrogens is 340 g/mol. The van der Waals surface area contributed by atoms with Gasteiger partial charge in [-0.2, -0.15) is 0 Å². The van der Waals surface area contributed by atoms with E-state index >= 15 is 0 Å². The summed E-state index contributed by atoms with van der Waals surface area (Å²) >= 11 is 0. The van der Waals surface area contributed by atoms with Gasteiger partial charge >= 0.3 is 6.03 Å². The van der Waals surface area contributed by atoms with Crippen molar-refractivity contribution in [3.8, 4) is 0 Å². The van der Waals surface area contributed by atoms with Crippen LogP contribution < -0.4 is 10.2 Å². The molecule has 1 unspecified atom stereocenters. The maximum Gasteiger partial charge on any atom is 0.317 e. The minimum absolute atomic E-state index is 0.0273. The van der Waals surface area contributed by atoms with Crippen molar-refractivity contribution in [3.05, 3.63) is 60.0 Å². The lowest BCUT2D eigenvalue weighted by Crippen LogP contribution is -2.45. The van der Waals surface area contributed by atoms with Crippen LogP contribution in [0.2, 0.25) is 0 Å². The van der Waals surface area contributed by atoms with E-state index in [2.05, 4.69) is 44.7 Å². The van der Waals surface area contributed by atoms with E-state index in [0.717, 1.165) is 43.9 Å². The second-order valence-electron chi connectivity index (χ2n) is 7.18. The smallest absolute Gasteiger partial charge is 0.317 e. The second kappa shape index (κ2) is 6.57. The Morgan fingerprint density at radius 3 is 2.96 bits per heavy atom. The average molecular weight is 362 g/mol. The number of benzene rings is 1. The molecule has 27 heavy (non-hydrogen) atoms. The van der Waals surface area contributed by atoms with E-state index in [0.29, 0.717) is 12.6 Å². The van der Waals surface area contributed by atoms with E-state index in [4.69, 9.17) is 0 Å². The Morgan fingerprint density at radius 1 is 1.11 bits per heavy atom. The maximum atomic E-state index is 12.8. The number of anilines is 1. The van der Waals surface area contributed by atoms with Crippen molar-refractivity contribution >= 4 is 17.4 Å². The van der Waals surface area contributed by atoms with Crippen molar-refractivity contribution < 1.29 is 4.79 Å². The number of hydrogen-bond acceptors (Lipinski definition) is 4. The molecule has 2 amide bonds. The molecule has 7 nitrogen and oxygen atoms in total. The molecule has 2 aromatic heterocycles. The molecule has 4 heterocycles. The molecule has 1 N–H and O–H groups in total. The number of para-hydroxylation sites is 1. The van der Waals surface area contributed by atoms with Crippen LogP contribution in [-0.4, -0.2) is 51.2 Å². The molecule has 5 rings (SSSR count). The van der Waals surface area contributed by atoms with Crippen molar-refractivity contribution in [2.45, 2.75) is 25.4 Å². The highest BCUT2D eigenvalue weighted by Gasteiger charge is 2.33. The van der Waals surface area contributed by atoms with Crippen molar-refractivity contribution in [2.75, 3.05) is 24.5 Å². The molecule has 1 saturated heterocycles. The predicted octanol–water partition coefficient (Wildman–Crippen LogP) is 2.08. The van der Waals surface area contributed by atoms with Gasteiger partial charge in [0.25, 0.3) is 0 Å². The van der Waals surface area contributed by atoms with Gasteiger partial charge in [0, 0.05) is 31.5 Å². The lowest BCUT2D eigenvalue weighted by atomic mass is 10.1. The van der Waals surface area contributed by atoms with Gasteiger partial charge in [-0.1, -0.05) is 24.3 Å². The van der Waals surface area contributed by atoms with E-state index in [1.165, 1.54) is 11.3 Å². The normalized spacial score (nSPS) is 18.9. The molecule has 7 heteroatoms. The van der Waals surface area contributed by atoms with Gasteiger partial charge in [-0.25, -0.2) is 4.79 Å². The molecule has 1 fully saturated rings. The molecule has 0 spiro atoms. The third kappa shape index (κ3) is 2.89. The largest absolute Gasteiger partial charge is 0.366 e. The Balaban J connectivity index is 1.26. The molecule has 2 aliphatic heterocycles. The summed E-state index contributed by atoms with van der Waals surface area (Å²) in [5.74, 6) is 0.740. The number of carbonyl (C=O) groups excluding carboxylic acids is 1. The molecule has 0 saturated carbocycles. The first-order valence-electron chi connectivity index (χ1n) is 9.45. The number of amides is 2. The van der Waals surface area contributed by atoms with Crippen LogP contribution in [0.3, 0.4) is 0 Å².